The Hall–Kier alpha value is -7.30. The third-order valence-corrected chi connectivity index (χ3v) is 11.8. The Morgan fingerprint density at radius 1 is 0.375 bits per heavy atom. The van der Waals surface area contributed by atoms with Gasteiger partial charge < -0.3 is 0 Å². The van der Waals surface area contributed by atoms with Crippen molar-refractivity contribution in [1.82, 2.24) is 15.0 Å². The summed E-state index contributed by atoms with van der Waals surface area (Å²) < 4.78 is 0. The lowest BCUT2D eigenvalue weighted by atomic mass is 9.84. The second-order valence-corrected chi connectivity index (χ2v) is 14.9. The molecule has 260 valence electrons. The van der Waals surface area contributed by atoms with Crippen molar-refractivity contribution < 1.29 is 0 Å². The molecule has 0 saturated heterocycles. The Labute approximate surface area is 323 Å². The molecule has 4 heteroatoms. The topological polar surface area (TPSA) is 51.0 Å². The van der Waals surface area contributed by atoms with E-state index in [1.54, 1.807) is 0 Å². The SMILES string of the molecule is c1ccc(C2Cc3ccccc3N=C2c2nc(-c3ccc4c5ccccc5c5ccccc5c4c3)nc(-c3ccc4c5c(cccc35)-c3ccccc3-4)n2)cc1. The van der Waals surface area contributed by atoms with E-state index in [0.29, 0.717) is 17.5 Å². The summed E-state index contributed by atoms with van der Waals surface area (Å²) >= 11 is 0. The van der Waals surface area contributed by atoms with Crippen LogP contribution in [0.25, 0.3) is 88.1 Å². The smallest absolute Gasteiger partial charge is 0.178 e. The second kappa shape index (κ2) is 12.1. The van der Waals surface area contributed by atoms with E-state index in [4.69, 9.17) is 19.9 Å². The average Bonchev–Trinajstić information content (AvgIpc) is 3.61. The summed E-state index contributed by atoms with van der Waals surface area (Å²) in [4.78, 5) is 21.5. The predicted molar refractivity (Wildman–Crippen MR) is 231 cm³/mol. The molecular weight excluding hydrogens is 681 g/mol. The van der Waals surface area contributed by atoms with Crippen molar-refractivity contribution >= 4 is 54.5 Å². The fraction of sp³-hybridized carbons (Fsp3) is 0.0385. The predicted octanol–water partition coefficient (Wildman–Crippen LogP) is 12.9. The standard InChI is InChI=1S/C52H32N4/c1-2-13-31(14-3-1)45-29-32-15-4-11-24-47(32)53-49(45)52-55-50(33-25-26-40-36-18-6-5-16-34(36)35-17-7-10-21-39(35)46(40)30-33)54-51(56-52)44-28-27-43-38-20-9-8-19-37(38)41-22-12-23-42(44)48(41)43/h1-28,30,45H,29H2. The summed E-state index contributed by atoms with van der Waals surface area (Å²) in [6.07, 6.45) is 0.809. The highest BCUT2D eigenvalue weighted by atomic mass is 15.1. The molecule has 2 aliphatic rings. The molecular formula is C52H32N4. The number of aliphatic imine (C=N–C) groups is 1. The monoisotopic (exact) mass is 712 g/mol. The number of aromatic nitrogens is 3. The normalized spacial score (nSPS) is 14.3. The van der Waals surface area contributed by atoms with Crippen LogP contribution in [0.15, 0.2) is 181 Å². The summed E-state index contributed by atoms with van der Waals surface area (Å²) in [6, 6.07) is 62.9. The van der Waals surface area contributed by atoms with E-state index < -0.39 is 0 Å². The minimum atomic E-state index is -0.0246. The van der Waals surface area contributed by atoms with Crippen LogP contribution in [0, 0.1) is 0 Å². The summed E-state index contributed by atoms with van der Waals surface area (Å²) in [6.45, 7) is 0. The van der Waals surface area contributed by atoms with Gasteiger partial charge in [-0.1, -0.05) is 158 Å². The van der Waals surface area contributed by atoms with Crippen molar-refractivity contribution in [2.75, 3.05) is 0 Å². The number of para-hydroxylation sites is 1. The van der Waals surface area contributed by atoms with E-state index in [1.165, 1.54) is 71.1 Å². The molecule has 0 spiro atoms. The molecule has 0 saturated carbocycles. The van der Waals surface area contributed by atoms with E-state index >= 15 is 0 Å². The highest BCUT2D eigenvalue weighted by Crippen LogP contribution is 2.49. The largest absolute Gasteiger partial charge is 0.249 e. The van der Waals surface area contributed by atoms with Gasteiger partial charge in [0.15, 0.2) is 17.5 Å². The second-order valence-electron chi connectivity index (χ2n) is 14.9. The molecule has 56 heavy (non-hydrogen) atoms. The first-order valence-corrected chi connectivity index (χ1v) is 19.2. The lowest BCUT2D eigenvalue weighted by molar-refractivity contribution is 0.846. The first-order chi connectivity index (χ1) is 27.8. The lowest BCUT2D eigenvalue weighted by Gasteiger charge is -2.25. The number of hydrogen-bond acceptors (Lipinski definition) is 4. The van der Waals surface area contributed by atoms with Crippen molar-refractivity contribution in [1.29, 1.82) is 0 Å². The van der Waals surface area contributed by atoms with E-state index in [1.807, 2.05) is 0 Å². The maximum atomic E-state index is 5.38. The number of rotatable bonds is 4. The van der Waals surface area contributed by atoms with Crippen molar-refractivity contribution in [3.05, 3.63) is 193 Å². The quantitative estimate of drug-likeness (QED) is 0.171. The Balaban J connectivity index is 1.13. The summed E-state index contributed by atoms with van der Waals surface area (Å²) in [5.41, 5.74) is 11.2. The summed E-state index contributed by atoms with van der Waals surface area (Å²) in [5, 5.41) is 9.69. The number of benzene rings is 9. The summed E-state index contributed by atoms with van der Waals surface area (Å²) in [5.74, 6) is 1.84. The first-order valence-electron chi connectivity index (χ1n) is 19.2. The molecule has 2 heterocycles. The Morgan fingerprint density at radius 2 is 0.929 bits per heavy atom. The maximum absolute atomic E-state index is 5.38. The van der Waals surface area contributed by atoms with E-state index in [-0.39, 0.29) is 5.92 Å². The third kappa shape index (κ3) is 4.66. The van der Waals surface area contributed by atoms with E-state index in [2.05, 4.69) is 176 Å². The molecule has 0 amide bonds. The fourth-order valence-electron chi connectivity index (χ4n) is 9.27. The van der Waals surface area contributed by atoms with E-state index in [9.17, 15) is 0 Å². The maximum Gasteiger partial charge on any atom is 0.178 e. The highest BCUT2D eigenvalue weighted by Gasteiger charge is 2.30. The van der Waals surface area contributed by atoms with Crippen LogP contribution in [-0.4, -0.2) is 20.7 Å². The zero-order valence-corrected chi connectivity index (χ0v) is 30.3. The summed E-state index contributed by atoms with van der Waals surface area (Å²) in [7, 11) is 0. The van der Waals surface area contributed by atoms with Crippen LogP contribution in [-0.2, 0) is 6.42 Å². The number of fused-ring (bicyclic) bond motifs is 10. The molecule has 0 radical (unpaired) electrons. The number of nitrogens with zero attached hydrogens (tertiary/aromatic N) is 4. The minimum absolute atomic E-state index is 0.0246. The van der Waals surface area contributed by atoms with Gasteiger partial charge in [0, 0.05) is 17.0 Å². The van der Waals surface area contributed by atoms with Gasteiger partial charge in [0.25, 0.3) is 0 Å². The fourth-order valence-corrected chi connectivity index (χ4v) is 9.27. The molecule has 9 aromatic carbocycles. The van der Waals surface area contributed by atoms with Crippen LogP contribution in [0.4, 0.5) is 5.69 Å². The highest BCUT2D eigenvalue weighted by molar-refractivity contribution is 6.26. The molecule has 1 aliphatic carbocycles. The molecule has 1 aliphatic heterocycles. The lowest BCUT2D eigenvalue weighted by Crippen LogP contribution is -2.23. The van der Waals surface area contributed by atoms with Crippen LogP contribution >= 0.6 is 0 Å². The molecule has 0 N–H and O–H groups in total. The van der Waals surface area contributed by atoms with Crippen LogP contribution in [0.2, 0.25) is 0 Å². The number of hydrogen-bond donors (Lipinski definition) is 0. The van der Waals surface area contributed by atoms with Gasteiger partial charge >= 0.3 is 0 Å². The minimum Gasteiger partial charge on any atom is -0.249 e. The van der Waals surface area contributed by atoms with Gasteiger partial charge in [0.05, 0.1) is 11.4 Å². The third-order valence-electron chi connectivity index (χ3n) is 11.8. The van der Waals surface area contributed by atoms with E-state index in [0.717, 1.165) is 34.3 Å². The average molecular weight is 713 g/mol. The molecule has 0 bridgehead atoms. The Kier molecular flexibility index (Phi) is 6.72. The van der Waals surface area contributed by atoms with Crippen molar-refractivity contribution in [2.45, 2.75) is 12.3 Å². The first kappa shape index (κ1) is 31.1. The van der Waals surface area contributed by atoms with Gasteiger partial charge in [0.2, 0.25) is 0 Å². The zero-order valence-electron chi connectivity index (χ0n) is 30.3. The molecule has 0 fully saturated rings. The van der Waals surface area contributed by atoms with Crippen LogP contribution in [0.1, 0.15) is 22.9 Å². The van der Waals surface area contributed by atoms with Crippen LogP contribution < -0.4 is 0 Å². The van der Waals surface area contributed by atoms with Crippen molar-refractivity contribution in [3.8, 4) is 45.0 Å². The van der Waals surface area contributed by atoms with Gasteiger partial charge in [-0.25, -0.2) is 19.9 Å². The zero-order chi connectivity index (χ0) is 36.7. The molecule has 4 nitrogen and oxygen atoms in total. The molecule has 1 atom stereocenters. The Bertz CT molecular complexity index is 3230. The molecule has 10 aromatic rings. The van der Waals surface area contributed by atoms with Gasteiger partial charge in [-0.05, 0) is 101 Å². The van der Waals surface area contributed by atoms with Gasteiger partial charge in [-0.15, -0.1) is 0 Å². The van der Waals surface area contributed by atoms with Crippen LogP contribution in [0.5, 0.6) is 0 Å². The molecule has 1 aromatic heterocycles. The van der Waals surface area contributed by atoms with Crippen molar-refractivity contribution in [3.63, 3.8) is 0 Å². The van der Waals surface area contributed by atoms with Gasteiger partial charge in [-0.3, -0.25) is 0 Å². The van der Waals surface area contributed by atoms with Crippen molar-refractivity contribution in [2.24, 2.45) is 4.99 Å². The molecule has 12 rings (SSSR count). The Morgan fingerprint density at radius 3 is 1.70 bits per heavy atom. The van der Waals surface area contributed by atoms with Crippen LogP contribution in [0.3, 0.4) is 0 Å². The van der Waals surface area contributed by atoms with Gasteiger partial charge in [-0.2, -0.15) is 0 Å². The van der Waals surface area contributed by atoms with Gasteiger partial charge in [0.1, 0.15) is 0 Å². The molecule has 1 unspecified atom stereocenters.